The van der Waals surface area contributed by atoms with Gasteiger partial charge in [0, 0.05) is 29.4 Å². The third-order valence-corrected chi connectivity index (χ3v) is 3.51. The molecule has 2 aromatic heterocycles. The van der Waals surface area contributed by atoms with Crippen LogP contribution in [0.5, 0.6) is 0 Å². The van der Waals surface area contributed by atoms with Crippen molar-refractivity contribution < 1.29 is 4.79 Å². The van der Waals surface area contributed by atoms with Crippen LogP contribution >= 0.6 is 11.3 Å². The number of nitrogens with one attached hydrogen (secondary N) is 2. The molecule has 0 unspecified atom stereocenters. The molecule has 6 heteroatoms. The number of pyridine rings is 1. The highest BCUT2D eigenvalue weighted by Crippen LogP contribution is 2.11. The number of nitrogens with zero attached hydrogens (tertiary/aromatic N) is 2. The molecule has 0 aliphatic carbocycles. The van der Waals surface area contributed by atoms with E-state index in [1.807, 2.05) is 19.2 Å². The van der Waals surface area contributed by atoms with Crippen LogP contribution in [0.2, 0.25) is 0 Å². The molecule has 0 fully saturated rings. The van der Waals surface area contributed by atoms with Crippen LogP contribution < -0.4 is 10.6 Å². The normalized spacial score (nSPS) is 10.3. The van der Waals surface area contributed by atoms with E-state index < -0.39 is 0 Å². The summed E-state index contributed by atoms with van der Waals surface area (Å²) in [6, 6.07) is 3.50. The molecule has 0 radical (unpaired) electrons. The van der Waals surface area contributed by atoms with Crippen LogP contribution in [0.3, 0.4) is 0 Å². The highest BCUT2D eigenvalue weighted by atomic mass is 32.1. The Morgan fingerprint density at radius 1 is 1.26 bits per heavy atom. The van der Waals surface area contributed by atoms with Crippen molar-refractivity contribution in [3.63, 3.8) is 0 Å². The minimum atomic E-state index is -0.116. The van der Waals surface area contributed by atoms with Crippen LogP contribution in [0.1, 0.15) is 26.8 Å². The van der Waals surface area contributed by atoms with Gasteiger partial charge in [0.15, 0.2) is 0 Å². The van der Waals surface area contributed by atoms with Gasteiger partial charge in [-0.05, 0) is 26.0 Å². The summed E-state index contributed by atoms with van der Waals surface area (Å²) in [7, 11) is 1.78. The van der Waals surface area contributed by atoms with Gasteiger partial charge in [0.05, 0.1) is 6.54 Å². The summed E-state index contributed by atoms with van der Waals surface area (Å²) in [5.41, 5.74) is 2.39. The molecule has 2 aromatic rings. The lowest BCUT2D eigenvalue weighted by Crippen LogP contribution is -2.23. The van der Waals surface area contributed by atoms with Crippen LogP contribution in [0.25, 0.3) is 0 Å². The summed E-state index contributed by atoms with van der Waals surface area (Å²) in [6.07, 6.45) is 0. The smallest absolute Gasteiger partial charge is 0.251 e. The van der Waals surface area contributed by atoms with Crippen molar-refractivity contribution in [3.05, 3.63) is 39.5 Å². The van der Waals surface area contributed by atoms with Crippen LogP contribution in [0, 0.1) is 13.8 Å². The van der Waals surface area contributed by atoms with E-state index >= 15 is 0 Å². The Morgan fingerprint density at radius 2 is 2.05 bits per heavy atom. The van der Waals surface area contributed by atoms with Gasteiger partial charge in [-0.3, -0.25) is 4.79 Å². The summed E-state index contributed by atoms with van der Waals surface area (Å²) in [4.78, 5) is 20.6. The molecular formula is C13H16N4OS. The van der Waals surface area contributed by atoms with Gasteiger partial charge in [0.25, 0.3) is 5.91 Å². The minimum Gasteiger partial charge on any atom is -0.373 e. The first-order valence-corrected chi connectivity index (χ1v) is 6.82. The summed E-state index contributed by atoms with van der Waals surface area (Å²) in [5.74, 6) is 0.574. The number of carbonyl (C=O) groups is 1. The number of aryl methyl sites for hydroxylation is 2. The van der Waals surface area contributed by atoms with Crippen molar-refractivity contribution in [2.45, 2.75) is 20.4 Å². The average Bonchev–Trinajstić information content (AvgIpc) is 2.81. The highest BCUT2D eigenvalue weighted by Gasteiger charge is 2.09. The lowest BCUT2D eigenvalue weighted by Gasteiger charge is -2.06. The van der Waals surface area contributed by atoms with E-state index in [0.717, 1.165) is 16.4 Å². The topological polar surface area (TPSA) is 66.9 Å². The van der Waals surface area contributed by atoms with Gasteiger partial charge < -0.3 is 10.6 Å². The molecule has 0 saturated heterocycles. The number of hydrogen-bond donors (Lipinski definition) is 2. The Bertz CT molecular complexity index is 594. The molecule has 0 aliphatic heterocycles. The summed E-state index contributed by atoms with van der Waals surface area (Å²) < 4.78 is 0. The van der Waals surface area contributed by atoms with Gasteiger partial charge in [-0.15, -0.1) is 11.3 Å². The predicted molar refractivity (Wildman–Crippen MR) is 76.5 cm³/mol. The lowest BCUT2D eigenvalue weighted by molar-refractivity contribution is 0.0950. The maximum atomic E-state index is 12.1. The molecule has 100 valence electrons. The molecule has 0 spiro atoms. The number of rotatable bonds is 4. The van der Waals surface area contributed by atoms with E-state index in [4.69, 9.17) is 0 Å². The van der Waals surface area contributed by atoms with Crippen molar-refractivity contribution in [3.8, 4) is 0 Å². The monoisotopic (exact) mass is 276 g/mol. The summed E-state index contributed by atoms with van der Waals surface area (Å²) in [6.45, 7) is 4.25. The molecule has 0 atom stereocenters. The number of carbonyl (C=O) groups excluding carboxylic acids is 1. The molecule has 0 aromatic carbocycles. The molecular weight excluding hydrogens is 260 g/mol. The number of thiazole rings is 1. The van der Waals surface area contributed by atoms with Gasteiger partial charge >= 0.3 is 0 Å². The number of amides is 1. The van der Waals surface area contributed by atoms with Crippen LogP contribution in [-0.4, -0.2) is 22.9 Å². The SMILES string of the molecule is CNc1cc(C(=O)NCc2nc(C)cs2)cc(C)n1. The Labute approximate surface area is 116 Å². The second-order valence-electron chi connectivity index (χ2n) is 4.20. The molecule has 0 bridgehead atoms. The van der Waals surface area contributed by atoms with Gasteiger partial charge in [-0.1, -0.05) is 0 Å². The number of hydrogen-bond acceptors (Lipinski definition) is 5. The van der Waals surface area contributed by atoms with Crippen molar-refractivity contribution in [2.24, 2.45) is 0 Å². The lowest BCUT2D eigenvalue weighted by atomic mass is 10.2. The van der Waals surface area contributed by atoms with Gasteiger partial charge in [0.1, 0.15) is 10.8 Å². The van der Waals surface area contributed by atoms with Crippen LogP contribution in [-0.2, 0) is 6.54 Å². The first-order valence-electron chi connectivity index (χ1n) is 5.94. The fourth-order valence-corrected chi connectivity index (χ4v) is 2.38. The molecule has 0 saturated carbocycles. The molecule has 1 amide bonds. The third-order valence-electron chi connectivity index (χ3n) is 2.54. The molecule has 0 aliphatic rings. The Kier molecular flexibility index (Phi) is 4.11. The zero-order valence-corrected chi connectivity index (χ0v) is 12.0. The molecule has 5 nitrogen and oxygen atoms in total. The zero-order valence-electron chi connectivity index (χ0n) is 11.2. The molecule has 2 N–H and O–H groups in total. The van der Waals surface area contributed by atoms with E-state index in [2.05, 4.69) is 20.6 Å². The van der Waals surface area contributed by atoms with E-state index in [1.54, 1.807) is 30.5 Å². The standard InChI is InChI=1S/C13H16N4OS/c1-8-4-10(5-11(14-3)16-8)13(18)15-6-12-17-9(2)7-19-12/h4-5,7H,6H2,1-3H3,(H,14,16)(H,15,18). The minimum absolute atomic E-state index is 0.116. The first kappa shape index (κ1) is 13.5. The number of anilines is 1. The molecule has 19 heavy (non-hydrogen) atoms. The van der Waals surface area contributed by atoms with E-state index in [-0.39, 0.29) is 5.91 Å². The zero-order chi connectivity index (χ0) is 13.8. The Morgan fingerprint density at radius 3 is 2.68 bits per heavy atom. The fourth-order valence-electron chi connectivity index (χ4n) is 1.67. The Hall–Kier alpha value is -1.95. The highest BCUT2D eigenvalue weighted by molar-refractivity contribution is 7.09. The van der Waals surface area contributed by atoms with Gasteiger partial charge in [-0.2, -0.15) is 0 Å². The largest absolute Gasteiger partial charge is 0.373 e. The van der Waals surface area contributed by atoms with Crippen molar-refractivity contribution >= 4 is 23.1 Å². The number of aromatic nitrogens is 2. The van der Waals surface area contributed by atoms with Crippen molar-refractivity contribution in [1.82, 2.24) is 15.3 Å². The van der Waals surface area contributed by atoms with Gasteiger partial charge in [0.2, 0.25) is 0 Å². The van der Waals surface area contributed by atoms with E-state index in [1.165, 1.54) is 0 Å². The second-order valence-corrected chi connectivity index (χ2v) is 5.14. The maximum Gasteiger partial charge on any atom is 0.251 e. The molecule has 2 heterocycles. The van der Waals surface area contributed by atoms with E-state index in [0.29, 0.717) is 17.9 Å². The third kappa shape index (κ3) is 3.51. The maximum absolute atomic E-state index is 12.1. The van der Waals surface area contributed by atoms with Crippen molar-refractivity contribution in [2.75, 3.05) is 12.4 Å². The average molecular weight is 276 g/mol. The van der Waals surface area contributed by atoms with Crippen LogP contribution in [0.4, 0.5) is 5.82 Å². The summed E-state index contributed by atoms with van der Waals surface area (Å²) >= 11 is 1.55. The second kappa shape index (κ2) is 5.79. The Balaban J connectivity index is 2.05. The van der Waals surface area contributed by atoms with Crippen molar-refractivity contribution in [1.29, 1.82) is 0 Å². The first-order chi connectivity index (χ1) is 9.08. The quantitative estimate of drug-likeness (QED) is 0.897. The van der Waals surface area contributed by atoms with Crippen LogP contribution in [0.15, 0.2) is 17.5 Å². The fraction of sp³-hybridized carbons (Fsp3) is 0.308. The predicted octanol–water partition coefficient (Wildman–Crippen LogP) is 2.13. The van der Waals surface area contributed by atoms with E-state index in [9.17, 15) is 4.79 Å². The van der Waals surface area contributed by atoms with Gasteiger partial charge in [-0.25, -0.2) is 9.97 Å². The summed E-state index contributed by atoms with van der Waals surface area (Å²) in [5, 5.41) is 8.68. The molecule has 2 rings (SSSR count).